The molecule has 0 spiro atoms. The molecule has 2 unspecified atom stereocenters. The van der Waals surface area contributed by atoms with E-state index in [1.807, 2.05) is 0 Å². The first-order valence-electron chi connectivity index (χ1n) is 12.6. The second-order valence-electron chi connectivity index (χ2n) is 8.61. The highest BCUT2D eigenvalue weighted by molar-refractivity contribution is 5.68. The summed E-state index contributed by atoms with van der Waals surface area (Å²) in [6, 6.07) is 0.306. The van der Waals surface area contributed by atoms with E-state index in [4.69, 9.17) is 4.74 Å². The average Bonchev–Trinajstić information content (AvgIpc) is 2.72. The Morgan fingerprint density at radius 1 is 0.759 bits per heavy atom. The van der Waals surface area contributed by atoms with Gasteiger partial charge >= 0.3 is 5.97 Å². The molecule has 1 N–H and O–H groups in total. The minimum absolute atomic E-state index is 0.0994. The van der Waals surface area contributed by atoms with Gasteiger partial charge in [-0.25, -0.2) is 0 Å². The van der Waals surface area contributed by atoms with Gasteiger partial charge in [0.2, 0.25) is 0 Å². The molecule has 4 nitrogen and oxygen atoms in total. The molecule has 0 aromatic carbocycles. The first kappa shape index (κ1) is 28.4. The number of hydrogen-bond donors (Lipinski definition) is 1. The number of carbonyl (C=O) groups is 1. The van der Waals surface area contributed by atoms with Crippen LogP contribution in [0.1, 0.15) is 124 Å². The third-order valence-electron chi connectivity index (χ3n) is 5.90. The molecule has 0 saturated carbocycles. The molecule has 29 heavy (non-hydrogen) atoms. The summed E-state index contributed by atoms with van der Waals surface area (Å²) in [5, 5.41) is 11.0. The lowest BCUT2D eigenvalue weighted by atomic mass is 9.95. The zero-order chi connectivity index (χ0) is 21.7. The largest absolute Gasteiger partial charge is 0.469 e. The number of carbonyl (C=O) groups excluding carboxylic acids is 1. The molecule has 0 aromatic rings. The lowest BCUT2D eigenvalue weighted by molar-refractivity contribution is -0.140. The summed E-state index contributed by atoms with van der Waals surface area (Å²) >= 11 is 0. The number of ether oxygens (including phenoxy) is 1. The standard InChI is InChI=1S/C25H51NO3/c1-5-8-9-10-13-16-19-24(27)23(26(21-6-2)22-7-3)18-15-12-11-14-17-20-25(28)29-4/h23-24,27H,5-22H2,1-4H3. The number of aliphatic hydroxyl groups is 1. The monoisotopic (exact) mass is 413 g/mol. The predicted octanol–water partition coefficient (Wildman–Crippen LogP) is 6.49. The number of nitrogens with zero attached hydrogens (tertiary/aromatic N) is 1. The molecule has 0 saturated heterocycles. The summed E-state index contributed by atoms with van der Waals surface area (Å²) in [5.41, 5.74) is 0. The predicted molar refractivity (Wildman–Crippen MR) is 124 cm³/mol. The third-order valence-corrected chi connectivity index (χ3v) is 5.90. The molecule has 0 heterocycles. The highest BCUT2D eigenvalue weighted by Crippen LogP contribution is 2.20. The Balaban J connectivity index is 4.32. The molecular formula is C25H51NO3. The minimum Gasteiger partial charge on any atom is -0.469 e. The normalized spacial score (nSPS) is 13.6. The van der Waals surface area contributed by atoms with Crippen LogP contribution in [0.25, 0.3) is 0 Å². The van der Waals surface area contributed by atoms with Crippen LogP contribution in [0.15, 0.2) is 0 Å². The molecule has 0 aliphatic rings. The SMILES string of the molecule is CCCCCCCCC(O)C(CCCCCCCC(=O)OC)N(CCC)CCC. The lowest BCUT2D eigenvalue weighted by Crippen LogP contribution is -2.44. The first-order valence-corrected chi connectivity index (χ1v) is 12.6. The van der Waals surface area contributed by atoms with Crippen molar-refractivity contribution in [2.45, 2.75) is 136 Å². The van der Waals surface area contributed by atoms with E-state index in [9.17, 15) is 9.90 Å². The summed E-state index contributed by atoms with van der Waals surface area (Å²) < 4.78 is 4.70. The Morgan fingerprint density at radius 3 is 1.83 bits per heavy atom. The van der Waals surface area contributed by atoms with E-state index in [0.717, 1.165) is 58.0 Å². The Bertz CT molecular complexity index is 356. The molecule has 0 aliphatic heterocycles. The number of unbranched alkanes of at least 4 members (excludes halogenated alkanes) is 9. The number of hydrogen-bond acceptors (Lipinski definition) is 4. The van der Waals surface area contributed by atoms with Gasteiger partial charge < -0.3 is 9.84 Å². The van der Waals surface area contributed by atoms with Crippen molar-refractivity contribution < 1.29 is 14.6 Å². The Kier molecular flexibility index (Phi) is 20.2. The zero-order valence-corrected chi connectivity index (χ0v) is 20.1. The van der Waals surface area contributed by atoms with Crippen molar-refractivity contribution in [3.63, 3.8) is 0 Å². The maximum atomic E-state index is 11.2. The molecule has 174 valence electrons. The van der Waals surface area contributed by atoms with Crippen molar-refractivity contribution in [1.82, 2.24) is 4.90 Å². The van der Waals surface area contributed by atoms with Crippen LogP contribution in [0, 0.1) is 0 Å². The van der Waals surface area contributed by atoms with Gasteiger partial charge in [0.25, 0.3) is 0 Å². The van der Waals surface area contributed by atoms with Gasteiger partial charge in [0.15, 0.2) is 0 Å². The van der Waals surface area contributed by atoms with Crippen LogP contribution >= 0.6 is 0 Å². The van der Waals surface area contributed by atoms with Crippen LogP contribution in [0.3, 0.4) is 0 Å². The Morgan fingerprint density at radius 2 is 1.28 bits per heavy atom. The topological polar surface area (TPSA) is 49.8 Å². The smallest absolute Gasteiger partial charge is 0.305 e. The van der Waals surface area contributed by atoms with E-state index in [0.29, 0.717) is 12.5 Å². The third kappa shape index (κ3) is 15.8. The van der Waals surface area contributed by atoms with Crippen LogP contribution in [-0.4, -0.2) is 48.3 Å². The number of methoxy groups -OCH3 is 1. The average molecular weight is 414 g/mol. The van der Waals surface area contributed by atoms with Gasteiger partial charge in [-0.3, -0.25) is 9.69 Å². The van der Waals surface area contributed by atoms with Crippen molar-refractivity contribution in [2.75, 3.05) is 20.2 Å². The van der Waals surface area contributed by atoms with Crippen molar-refractivity contribution in [3.8, 4) is 0 Å². The highest BCUT2D eigenvalue weighted by atomic mass is 16.5. The van der Waals surface area contributed by atoms with Crippen LogP contribution in [0.5, 0.6) is 0 Å². The first-order chi connectivity index (χ1) is 14.1. The second kappa shape index (κ2) is 20.7. The molecule has 0 aliphatic carbocycles. The molecular weight excluding hydrogens is 362 g/mol. The summed E-state index contributed by atoms with van der Waals surface area (Å²) in [6.07, 6.45) is 17.9. The number of rotatable bonds is 21. The van der Waals surface area contributed by atoms with Crippen molar-refractivity contribution in [3.05, 3.63) is 0 Å². The molecule has 0 radical (unpaired) electrons. The fourth-order valence-corrected chi connectivity index (χ4v) is 4.22. The molecule has 0 bridgehead atoms. The van der Waals surface area contributed by atoms with Gasteiger partial charge in [-0.15, -0.1) is 0 Å². The number of esters is 1. The van der Waals surface area contributed by atoms with Gasteiger partial charge in [-0.2, -0.15) is 0 Å². The fourth-order valence-electron chi connectivity index (χ4n) is 4.22. The van der Waals surface area contributed by atoms with Gasteiger partial charge in [-0.05, 0) is 45.2 Å². The molecule has 0 fully saturated rings. The summed E-state index contributed by atoms with van der Waals surface area (Å²) in [5.74, 6) is -0.0994. The van der Waals surface area contributed by atoms with Crippen LogP contribution in [0.4, 0.5) is 0 Å². The van der Waals surface area contributed by atoms with E-state index in [2.05, 4.69) is 25.7 Å². The Hall–Kier alpha value is -0.610. The Labute approximate surface area is 181 Å². The van der Waals surface area contributed by atoms with E-state index in [-0.39, 0.29) is 12.1 Å². The fraction of sp³-hybridized carbons (Fsp3) is 0.960. The summed E-state index contributed by atoms with van der Waals surface area (Å²) in [7, 11) is 1.46. The summed E-state index contributed by atoms with van der Waals surface area (Å²) in [6.45, 7) is 8.90. The van der Waals surface area contributed by atoms with Gasteiger partial charge in [-0.1, -0.05) is 85.0 Å². The minimum atomic E-state index is -0.196. The van der Waals surface area contributed by atoms with Crippen LogP contribution in [-0.2, 0) is 9.53 Å². The van der Waals surface area contributed by atoms with Gasteiger partial charge in [0.05, 0.1) is 13.2 Å². The molecule has 0 amide bonds. The van der Waals surface area contributed by atoms with Crippen molar-refractivity contribution in [2.24, 2.45) is 0 Å². The quantitative estimate of drug-likeness (QED) is 0.172. The van der Waals surface area contributed by atoms with Crippen LogP contribution < -0.4 is 0 Å². The lowest BCUT2D eigenvalue weighted by Gasteiger charge is -2.35. The summed E-state index contributed by atoms with van der Waals surface area (Å²) in [4.78, 5) is 13.7. The number of aliphatic hydroxyl groups excluding tert-OH is 1. The van der Waals surface area contributed by atoms with Gasteiger partial charge in [0, 0.05) is 12.5 Å². The molecule has 4 heteroatoms. The maximum Gasteiger partial charge on any atom is 0.305 e. The van der Waals surface area contributed by atoms with E-state index in [1.165, 1.54) is 58.5 Å². The van der Waals surface area contributed by atoms with Crippen LogP contribution in [0.2, 0.25) is 0 Å². The maximum absolute atomic E-state index is 11.2. The van der Waals surface area contributed by atoms with Gasteiger partial charge in [0.1, 0.15) is 0 Å². The van der Waals surface area contributed by atoms with E-state index < -0.39 is 0 Å². The molecule has 2 atom stereocenters. The van der Waals surface area contributed by atoms with E-state index in [1.54, 1.807) is 0 Å². The van der Waals surface area contributed by atoms with Crippen molar-refractivity contribution in [1.29, 1.82) is 0 Å². The van der Waals surface area contributed by atoms with Crippen molar-refractivity contribution >= 4 is 5.97 Å². The molecule has 0 rings (SSSR count). The van der Waals surface area contributed by atoms with E-state index >= 15 is 0 Å². The zero-order valence-electron chi connectivity index (χ0n) is 20.1. The molecule has 0 aromatic heterocycles. The second-order valence-corrected chi connectivity index (χ2v) is 8.61. The highest BCUT2D eigenvalue weighted by Gasteiger charge is 2.24.